The second kappa shape index (κ2) is 6.20. The molecule has 24 heavy (non-hydrogen) atoms. The molecular weight excluding hydrogens is 300 g/mol. The van der Waals surface area contributed by atoms with Gasteiger partial charge in [0, 0.05) is 42.5 Å². The molecule has 0 radical (unpaired) electrons. The molecule has 3 heterocycles. The number of carbonyl (C=O) groups excluding carboxylic acids is 1. The van der Waals surface area contributed by atoms with Crippen LogP contribution < -0.4 is 5.32 Å². The van der Waals surface area contributed by atoms with E-state index in [1.165, 1.54) is 0 Å². The van der Waals surface area contributed by atoms with Crippen molar-refractivity contribution < 1.29 is 4.79 Å². The Morgan fingerprint density at radius 1 is 1.17 bits per heavy atom. The van der Waals surface area contributed by atoms with Crippen molar-refractivity contribution in [2.45, 2.75) is 12.8 Å². The van der Waals surface area contributed by atoms with Crippen LogP contribution in [0.2, 0.25) is 0 Å². The molecule has 2 N–H and O–H groups in total. The van der Waals surface area contributed by atoms with E-state index in [4.69, 9.17) is 0 Å². The summed E-state index contributed by atoms with van der Waals surface area (Å²) < 4.78 is 1.99. The van der Waals surface area contributed by atoms with Gasteiger partial charge in [0.25, 0.3) is 0 Å². The summed E-state index contributed by atoms with van der Waals surface area (Å²) in [5, 5.41) is 4.08. The molecule has 0 bridgehead atoms. The third-order valence-corrected chi connectivity index (χ3v) is 4.14. The number of pyridine rings is 1. The second-order valence-electron chi connectivity index (χ2n) is 5.83. The fraction of sp³-hybridized carbons (Fsp3) is 0.158. The summed E-state index contributed by atoms with van der Waals surface area (Å²) in [6.07, 6.45) is 6.99. The van der Waals surface area contributed by atoms with Crippen molar-refractivity contribution in [2.75, 3.05) is 6.54 Å². The Balaban J connectivity index is 1.35. The molecule has 4 aromatic rings. The van der Waals surface area contributed by atoms with Crippen molar-refractivity contribution in [3.05, 3.63) is 72.3 Å². The minimum absolute atomic E-state index is 0.0310. The van der Waals surface area contributed by atoms with E-state index in [2.05, 4.69) is 15.3 Å². The van der Waals surface area contributed by atoms with Crippen molar-refractivity contribution in [2.24, 2.45) is 0 Å². The van der Waals surface area contributed by atoms with Crippen molar-refractivity contribution >= 4 is 22.5 Å². The van der Waals surface area contributed by atoms with E-state index in [1.54, 1.807) is 0 Å². The number of benzene rings is 1. The highest BCUT2D eigenvalue weighted by molar-refractivity contribution is 5.88. The Morgan fingerprint density at radius 3 is 2.96 bits per heavy atom. The van der Waals surface area contributed by atoms with Gasteiger partial charge in [-0.1, -0.05) is 24.3 Å². The zero-order valence-electron chi connectivity index (χ0n) is 13.2. The zero-order chi connectivity index (χ0) is 16.4. The molecule has 5 heteroatoms. The average molecular weight is 318 g/mol. The number of hydrogen-bond acceptors (Lipinski definition) is 2. The maximum atomic E-state index is 12.2. The minimum Gasteiger partial charge on any atom is -0.361 e. The third-order valence-electron chi connectivity index (χ3n) is 4.14. The van der Waals surface area contributed by atoms with E-state index in [-0.39, 0.29) is 5.91 Å². The maximum Gasteiger partial charge on any atom is 0.224 e. The molecule has 3 aromatic heterocycles. The molecule has 0 fully saturated rings. The summed E-state index contributed by atoms with van der Waals surface area (Å²) in [6.45, 7) is 0.588. The van der Waals surface area contributed by atoms with Gasteiger partial charge >= 0.3 is 0 Å². The Bertz CT molecular complexity index is 966. The van der Waals surface area contributed by atoms with Crippen molar-refractivity contribution in [3.8, 4) is 0 Å². The monoisotopic (exact) mass is 318 g/mol. The second-order valence-corrected chi connectivity index (χ2v) is 5.83. The number of fused-ring (bicyclic) bond motifs is 2. The molecule has 1 amide bonds. The number of imidazole rings is 1. The molecule has 0 unspecified atom stereocenters. The first-order chi connectivity index (χ1) is 11.8. The van der Waals surface area contributed by atoms with E-state index in [0.29, 0.717) is 13.0 Å². The predicted molar refractivity (Wildman–Crippen MR) is 93.9 cm³/mol. The predicted octanol–water partition coefficient (Wildman–Crippen LogP) is 2.72. The molecule has 0 aliphatic heterocycles. The summed E-state index contributed by atoms with van der Waals surface area (Å²) in [4.78, 5) is 19.9. The smallest absolute Gasteiger partial charge is 0.224 e. The fourth-order valence-electron chi connectivity index (χ4n) is 2.95. The quantitative estimate of drug-likeness (QED) is 0.594. The van der Waals surface area contributed by atoms with Gasteiger partial charge in [0.15, 0.2) is 0 Å². The Hall–Kier alpha value is -3.08. The number of nitrogens with zero attached hydrogens (tertiary/aromatic N) is 2. The molecule has 0 atom stereocenters. The van der Waals surface area contributed by atoms with Crippen molar-refractivity contribution in [1.82, 2.24) is 19.7 Å². The van der Waals surface area contributed by atoms with Crippen LogP contribution in [0.3, 0.4) is 0 Å². The molecular formula is C19H18N4O. The summed E-state index contributed by atoms with van der Waals surface area (Å²) in [5.74, 6) is 0.0310. The van der Waals surface area contributed by atoms with E-state index in [0.717, 1.165) is 34.2 Å². The lowest BCUT2D eigenvalue weighted by atomic mass is 10.1. The fourth-order valence-corrected chi connectivity index (χ4v) is 2.95. The van der Waals surface area contributed by atoms with Crippen molar-refractivity contribution in [1.29, 1.82) is 0 Å². The topological polar surface area (TPSA) is 62.2 Å². The van der Waals surface area contributed by atoms with Crippen LogP contribution in [0.25, 0.3) is 16.6 Å². The average Bonchev–Trinajstić information content (AvgIpc) is 3.19. The first kappa shape index (κ1) is 14.5. The van der Waals surface area contributed by atoms with Crippen LogP contribution in [0.4, 0.5) is 0 Å². The van der Waals surface area contributed by atoms with Crippen LogP contribution >= 0.6 is 0 Å². The molecule has 0 saturated heterocycles. The minimum atomic E-state index is 0.0310. The van der Waals surface area contributed by atoms with Gasteiger partial charge in [0.05, 0.1) is 12.1 Å². The molecule has 0 aliphatic carbocycles. The van der Waals surface area contributed by atoms with Gasteiger partial charge in [0.1, 0.15) is 5.65 Å². The van der Waals surface area contributed by atoms with E-state index in [1.807, 2.05) is 65.5 Å². The van der Waals surface area contributed by atoms with Crippen LogP contribution in [0.5, 0.6) is 0 Å². The number of aromatic nitrogens is 3. The Kier molecular flexibility index (Phi) is 3.75. The van der Waals surface area contributed by atoms with Crippen LogP contribution in [-0.4, -0.2) is 26.8 Å². The zero-order valence-corrected chi connectivity index (χ0v) is 13.2. The number of hydrogen-bond donors (Lipinski definition) is 2. The van der Waals surface area contributed by atoms with Crippen LogP contribution in [-0.2, 0) is 17.6 Å². The standard InChI is InChI=1S/C19H18N4O/c24-19(11-14-12-21-17-6-2-1-5-16(14)17)20-9-8-15-13-23-10-4-3-7-18(23)22-15/h1-7,10,12-13,21H,8-9,11H2,(H,20,24). The molecule has 0 aliphatic rings. The molecule has 0 saturated carbocycles. The lowest BCUT2D eigenvalue weighted by molar-refractivity contribution is -0.120. The lowest BCUT2D eigenvalue weighted by Crippen LogP contribution is -2.27. The summed E-state index contributed by atoms with van der Waals surface area (Å²) >= 11 is 0. The maximum absolute atomic E-state index is 12.2. The number of amides is 1. The molecule has 4 rings (SSSR count). The summed E-state index contributed by atoms with van der Waals surface area (Å²) in [7, 11) is 0. The number of rotatable bonds is 5. The van der Waals surface area contributed by atoms with Crippen LogP contribution in [0.1, 0.15) is 11.3 Å². The van der Waals surface area contributed by atoms with E-state index >= 15 is 0 Å². The van der Waals surface area contributed by atoms with Gasteiger partial charge in [-0.2, -0.15) is 0 Å². The van der Waals surface area contributed by atoms with Gasteiger partial charge in [-0.3, -0.25) is 4.79 Å². The van der Waals surface area contributed by atoms with E-state index in [9.17, 15) is 4.79 Å². The Labute approximate surface area is 139 Å². The highest BCUT2D eigenvalue weighted by Gasteiger charge is 2.08. The highest BCUT2D eigenvalue weighted by Crippen LogP contribution is 2.17. The third kappa shape index (κ3) is 2.88. The number of H-pyrrole nitrogens is 1. The van der Waals surface area contributed by atoms with Crippen LogP contribution in [0, 0.1) is 0 Å². The highest BCUT2D eigenvalue weighted by atomic mass is 16.1. The molecule has 1 aromatic carbocycles. The summed E-state index contributed by atoms with van der Waals surface area (Å²) in [6, 6.07) is 13.9. The molecule has 0 spiro atoms. The molecule has 5 nitrogen and oxygen atoms in total. The van der Waals surface area contributed by atoms with Gasteiger partial charge in [-0.15, -0.1) is 0 Å². The molecule has 120 valence electrons. The first-order valence-electron chi connectivity index (χ1n) is 8.04. The van der Waals surface area contributed by atoms with Crippen molar-refractivity contribution in [3.63, 3.8) is 0 Å². The summed E-state index contributed by atoms with van der Waals surface area (Å²) in [5.41, 5.74) is 3.99. The first-order valence-corrected chi connectivity index (χ1v) is 8.04. The number of aromatic amines is 1. The number of para-hydroxylation sites is 1. The largest absolute Gasteiger partial charge is 0.361 e. The van der Waals surface area contributed by atoms with Crippen LogP contribution in [0.15, 0.2) is 61.1 Å². The Morgan fingerprint density at radius 2 is 2.04 bits per heavy atom. The van der Waals surface area contributed by atoms with Gasteiger partial charge in [0.2, 0.25) is 5.91 Å². The normalized spacial score (nSPS) is 11.2. The van der Waals surface area contributed by atoms with Gasteiger partial charge < -0.3 is 14.7 Å². The van der Waals surface area contributed by atoms with E-state index < -0.39 is 0 Å². The van der Waals surface area contributed by atoms with Gasteiger partial charge in [-0.25, -0.2) is 4.98 Å². The number of carbonyl (C=O) groups is 1. The lowest BCUT2D eigenvalue weighted by Gasteiger charge is -2.03. The SMILES string of the molecule is O=C(Cc1c[nH]c2ccccc12)NCCc1cn2ccccc2n1. The number of nitrogens with one attached hydrogen (secondary N) is 2. The van der Waals surface area contributed by atoms with Gasteiger partial charge in [-0.05, 0) is 23.8 Å².